The minimum Gasteiger partial charge on any atom is -0.506 e. The molecule has 1 aliphatic rings. The Morgan fingerprint density at radius 3 is 2.36 bits per heavy atom. The van der Waals surface area contributed by atoms with Gasteiger partial charge in [-0.05, 0) is 23.8 Å². The van der Waals surface area contributed by atoms with E-state index in [1.54, 1.807) is 0 Å². The van der Waals surface area contributed by atoms with Crippen molar-refractivity contribution in [2.24, 2.45) is 0 Å². The van der Waals surface area contributed by atoms with Gasteiger partial charge in [-0.2, -0.15) is 0 Å². The number of carboxylic acid groups (broad SMARTS) is 1. The molecule has 2 atom stereocenters. The van der Waals surface area contributed by atoms with E-state index in [1.165, 1.54) is 24.3 Å². The van der Waals surface area contributed by atoms with E-state index in [2.05, 4.69) is 0 Å². The van der Waals surface area contributed by atoms with Gasteiger partial charge in [0, 0.05) is 18.9 Å². The number of carboxylic acids is 1. The van der Waals surface area contributed by atoms with E-state index < -0.39 is 48.7 Å². The van der Waals surface area contributed by atoms with Crippen molar-refractivity contribution in [1.29, 1.82) is 0 Å². The number of hydrogen-bond donors (Lipinski definition) is 6. The number of anilines is 1. The van der Waals surface area contributed by atoms with Gasteiger partial charge in [-0.25, -0.2) is 9.59 Å². The maximum Gasteiger partial charge on any atom is 0.335 e. The van der Waals surface area contributed by atoms with E-state index in [4.69, 9.17) is 15.6 Å². The molecule has 0 bridgehead atoms. The first kappa shape index (κ1) is 18.7. The van der Waals surface area contributed by atoms with Gasteiger partial charge >= 0.3 is 11.9 Å². The summed E-state index contributed by atoms with van der Waals surface area (Å²) in [5.41, 5.74) is 3.89. The molecule has 1 aliphatic carbocycles. The molecule has 0 saturated heterocycles. The summed E-state index contributed by atoms with van der Waals surface area (Å²) in [4.78, 5) is 22.8. The van der Waals surface area contributed by atoms with E-state index in [-0.39, 0.29) is 11.4 Å². The molecule has 1 saturated carbocycles. The number of phenols is 1. The molecular weight excluding hydrogens is 334 g/mol. The van der Waals surface area contributed by atoms with E-state index in [9.17, 15) is 30.0 Å². The predicted octanol–water partition coefficient (Wildman–Crippen LogP) is -0.769. The van der Waals surface area contributed by atoms with Crippen molar-refractivity contribution in [3.8, 4) is 5.75 Å². The molecule has 0 heterocycles. The smallest absolute Gasteiger partial charge is 0.335 e. The van der Waals surface area contributed by atoms with E-state index in [1.807, 2.05) is 0 Å². The number of nitrogens with two attached hydrogens (primary N) is 1. The zero-order valence-electron chi connectivity index (χ0n) is 13.1. The molecule has 0 spiro atoms. The highest BCUT2D eigenvalue weighted by molar-refractivity contribution is 5.87. The SMILES string of the molecule is Nc1cc(/C=C/C(=O)OC2[C@H](O)CC(O)(C(=O)O)C[C@H]2O)ccc1O. The Morgan fingerprint density at radius 2 is 1.84 bits per heavy atom. The lowest BCUT2D eigenvalue weighted by Gasteiger charge is -2.39. The Hall–Kier alpha value is -2.62. The summed E-state index contributed by atoms with van der Waals surface area (Å²) in [6.07, 6.45) is -3.19. The lowest BCUT2D eigenvalue weighted by atomic mass is 9.79. The summed E-state index contributed by atoms with van der Waals surface area (Å²) in [7, 11) is 0. The van der Waals surface area contributed by atoms with Gasteiger partial charge in [0.25, 0.3) is 0 Å². The third-order valence-electron chi connectivity index (χ3n) is 3.97. The average Bonchev–Trinajstić information content (AvgIpc) is 2.52. The molecule has 0 aromatic heterocycles. The Morgan fingerprint density at radius 1 is 1.24 bits per heavy atom. The number of ether oxygens (including phenoxy) is 1. The summed E-state index contributed by atoms with van der Waals surface area (Å²) in [5, 5.41) is 47.9. The Balaban J connectivity index is 2.01. The molecule has 9 nitrogen and oxygen atoms in total. The van der Waals surface area contributed by atoms with Crippen LogP contribution in [0.5, 0.6) is 5.75 Å². The molecule has 0 amide bonds. The first-order chi connectivity index (χ1) is 11.6. The fraction of sp³-hybridized carbons (Fsp3) is 0.375. The summed E-state index contributed by atoms with van der Waals surface area (Å²) in [6.45, 7) is 0. The summed E-state index contributed by atoms with van der Waals surface area (Å²) in [6, 6.07) is 4.28. The van der Waals surface area contributed by atoms with Crippen molar-refractivity contribution in [1.82, 2.24) is 0 Å². The topological polar surface area (TPSA) is 171 Å². The number of aliphatic hydroxyl groups excluding tert-OH is 2. The van der Waals surface area contributed by atoms with Crippen molar-refractivity contribution in [2.75, 3.05) is 5.73 Å². The molecule has 2 rings (SSSR count). The molecule has 9 heteroatoms. The Kier molecular flexibility index (Phi) is 5.31. The molecule has 1 aromatic rings. The molecular formula is C16H19NO8. The second kappa shape index (κ2) is 7.09. The number of esters is 1. The van der Waals surface area contributed by atoms with Crippen LogP contribution in [-0.4, -0.2) is 61.4 Å². The Bertz CT molecular complexity index is 689. The fourth-order valence-electron chi connectivity index (χ4n) is 2.61. The van der Waals surface area contributed by atoms with Crippen LogP contribution in [-0.2, 0) is 14.3 Å². The normalized spacial score (nSPS) is 29.5. The second-order valence-electron chi connectivity index (χ2n) is 5.93. The monoisotopic (exact) mass is 353 g/mol. The first-order valence-electron chi connectivity index (χ1n) is 7.41. The molecule has 1 fully saturated rings. The molecule has 136 valence electrons. The number of carbonyl (C=O) groups excluding carboxylic acids is 1. The largest absolute Gasteiger partial charge is 0.506 e. The second-order valence-corrected chi connectivity index (χ2v) is 5.93. The molecule has 0 radical (unpaired) electrons. The number of nitrogen functional groups attached to an aromatic ring is 1. The van der Waals surface area contributed by atoms with E-state index in [0.29, 0.717) is 5.56 Å². The molecule has 0 unspecified atom stereocenters. The highest BCUT2D eigenvalue weighted by Crippen LogP contribution is 2.31. The maximum absolute atomic E-state index is 11.8. The minimum atomic E-state index is -2.28. The van der Waals surface area contributed by atoms with Gasteiger partial charge in [-0.1, -0.05) is 6.07 Å². The number of benzene rings is 1. The van der Waals surface area contributed by atoms with Crippen LogP contribution in [0.1, 0.15) is 18.4 Å². The number of aliphatic hydroxyl groups is 3. The highest BCUT2D eigenvalue weighted by Gasteiger charge is 2.50. The Labute approximate surface area is 142 Å². The number of aromatic hydroxyl groups is 1. The lowest BCUT2D eigenvalue weighted by Crippen LogP contribution is -2.57. The van der Waals surface area contributed by atoms with Gasteiger partial charge in [0.1, 0.15) is 5.75 Å². The van der Waals surface area contributed by atoms with Crippen molar-refractivity contribution in [2.45, 2.75) is 36.8 Å². The summed E-state index contributed by atoms with van der Waals surface area (Å²) >= 11 is 0. The zero-order chi connectivity index (χ0) is 18.8. The maximum atomic E-state index is 11.8. The van der Waals surface area contributed by atoms with Gasteiger partial charge in [-0.3, -0.25) is 0 Å². The number of carbonyl (C=O) groups is 2. The van der Waals surface area contributed by atoms with E-state index >= 15 is 0 Å². The third kappa shape index (κ3) is 4.27. The van der Waals surface area contributed by atoms with Gasteiger partial charge in [0.15, 0.2) is 11.7 Å². The average molecular weight is 353 g/mol. The van der Waals surface area contributed by atoms with Crippen molar-refractivity contribution < 1.29 is 39.9 Å². The quantitative estimate of drug-likeness (QED) is 0.176. The fourth-order valence-corrected chi connectivity index (χ4v) is 2.61. The molecule has 25 heavy (non-hydrogen) atoms. The standard InChI is InChI=1S/C16H19NO8/c17-9-5-8(1-3-10(9)18)2-4-13(21)25-14-11(19)6-16(24,15(22)23)7-12(14)20/h1-5,11-12,14,18-20,24H,6-7,17H2,(H,22,23)/b4-2+/t11-,12-,14?,16?/m1/s1. The minimum absolute atomic E-state index is 0.0981. The van der Waals surface area contributed by atoms with Crippen LogP contribution < -0.4 is 5.73 Å². The van der Waals surface area contributed by atoms with Crippen molar-refractivity contribution in [3.05, 3.63) is 29.8 Å². The van der Waals surface area contributed by atoms with Crippen LogP contribution in [0, 0.1) is 0 Å². The number of hydrogen-bond acceptors (Lipinski definition) is 8. The molecule has 7 N–H and O–H groups in total. The van der Waals surface area contributed by atoms with Crippen LogP contribution >= 0.6 is 0 Å². The van der Waals surface area contributed by atoms with Crippen molar-refractivity contribution >= 4 is 23.7 Å². The summed E-state index contributed by atoms with van der Waals surface area (Å²) < 4.78 is 4.95. The van der Waals surface area contributed by atoms with Crippen LogP contribution in [0.4, 0.5) is 5.69 Å². The van der Waals surface area contributed by atoms with Gasteiger partial charge in [-0.15, -0.1) is 0 Å². The van der Waals surface area contributed by atoms with Crippen LogP contribution in [0.2, 0.25) is 0 Å². The molecule has 1 aromatic carbocycles. The lowest BCUT2D eigenvalue weighted by molar-refractivity contribution is -0.196. The van der Waals surface area contributed by atoms with Gasteiger partial charge in [0.2, 0.25) is 0 Å². The van der Waals surface area contributed by atoms with Crippen molar-refractivity contribution in [3.63, 3.8) is 0 Å². The van der Waals surface area contributed by atoms with Crippen LogP contribution in [0.3, 0.4) is 0 Å². The van der Waals surface area contributed by atoms with E-state index in [0.717, 1.165) is 6.08 Å². The van der Waals surface area contributed by atoms with Gasteiger partial charge < -0.3 is 36.0 Å². The predicted molar refractivity (Wildman–Crippen MR) is 85.3 cm³/mol. The zero-order valence-corrected chi connectivity index (χ0v) is 13.1. The third-order valence-corrected chi connectivity index (χ3v) is 3.97. The highest BCUT2D eigenvalue weighted by atomic mass is 16.6. The number of rotatable bonds is 4. The number of phenolic OH excluding ortho intramolecular Hbond substituents is 1. The first-order valence-corrected chi connectivity index (χ1v) is 7.41. The van der Waals surface area contributed by atoms with Gasteiger partial charge in [0.05, 0.1) is 17.9 Å². The van der Waals surface area contributed by atoms with Crippen LogP contribution in [0.15, 0.2) is 24.3 Å². The number of aliphatic carboxylic acids is 1. The van der Waals surface area contributed by atoms with Crippen LogP contribution in [0.25, 0.3) is 6.08 Å². The summed E-state index contributed by atoms with van der Waals surface area (Å²) in [5.74, 6) is -2.55. The molecule has 0 aliphatic heterocycles.